The molecule has 0 bridgehead atoms. The van der Waals surface area contributed by atoms with E-state index in [1.54, 1.807) is 25.3 Å². The second kappa shape index (κ2) is 13.4. The number of ether oxygens (including phenoxy) is 3. The van der Waals surface area contributed by atoms with Crippen LogP contribution in [0.1, 0.15) is 27.3 Å². The lowest BCUT2D eigenvalue weighted by Crippen LogP contribution is -2.37. The van der Waals surface area contributed by atoms with Gasteiger partial charge in [-0.25, -0.2) is 10.1 Å². The van der Waals surface area contributed by atoms with Crippen molar-refractivity contribution in [1.29, 1.82) is 0 Å². The maximum absolute atomic E-state index is 13.1. The molecule has 1 amide bonds. The summed E-state index contributed by atoms with van der Waals surface area (Å²) >= 11 is 18.5. The molecule has 2 aromatic carbocycles. The zero-order valence-electron chi connectivity index (χ0n) is 22.1. The van der Waals surface area contributed by atoms with Gasteiger partial charge in [-0.3, -0.25) is 9.69 Å². The van der Waals surface area contributed by atoms with Crippen LogP contribution in [0.25, 0.3) is 5.82 Å². The van der Waals surface area contributed by atoms with E-state index in [4.69, 9.17) is 59.4 Å². The van der Waals surface area contributed by atoms with E-state index < -0.39 is 5.91 Å². The van der Waals surface area contributed by atoms with E-state index in [2.05, 4.69) is 36.1 Å². The van der Waals surface area contributed by atoms with Gasteiger partial charge in [0, 0.05) is 30.2 Å². The van der Waals surface area contributed by atoms with Gasteiger partial charge in [-0.05, 0) is 46.2 Å². The van der Waals surface area contributed by atoms with Crippen LogP contribution in [0.2, 0.25) is 15.1 Å². The van der Waals surface area contributed by atoms with Crippen molar-refractivity contribution in [2.75, 3.05) is 39.1 Å². The Bertz CT molecular complexity index is 1580. The topological polar surface area (TPSA) is 168 Å². The van der Waals surface area contributed by atoms with Gasteiger partial charge >= 0.3 is 0 Å². The lowest BCUT2D eigenvalue weighted by atomic mass is 10.1. The molecule has 3 heterocycles. The molecule has 14 nitrogen and oxygen atoms in total. The van der Waals surface area contributed by atoms with Gasteiger partial charge in [0.25, 0.3) is 5.91 Å². The number of hydrazone groups is 1. The van der Waals surface area contributed by atoms with Crippen LogP contribution in [-0.4, -0.2) is 75.7 Å². The fraction of sp³-hybridized carbons (Fsp3) is 0.280. The lowest BCUT2D eigenvalue weighted by molar-refractivity contribution is 0.0332. The number of amides is 1. The van der Waals surface area contributed by atoms with E-state index >= 15 is 0 Å². The quantitative estimate of drug-likeness (QED) is 0.193. The minimum absolute atomic E-state index is 0.00741. The molecule has 1 aliphatic rings. The van der Waals surface area contributed by atoms with Gasteiger partial charge < -0.3 is 19.9 Å². The number of aromatic nitrogens is 5. The number of carbonyl (C=O) groups is 1. The smallest absolute Gasteiger partial charge is 0.293 e. The third-order valence-corrected chi connectivity index (χ3v) is 6.95. The summed E-state index contributed by atoms with van der Waals surface area (Å²) in [5, 5.41) is 20.5. The summed E-state index contributed by atoms with van der Waals surface area (Å²) in [7, 11) is 1.54. The van der Waals surface area contributed by atoms with Crippen molar-refractivity contribution in [1.82, 2.24) is 35.6 Å². The number of carbonyl (C=O) groups excluding carboxylic acids is 1. The molecule has 1 fully saturated rings. The molecule has 4 aromatic rings. The standard InChI is InChI=1S/C25H24Cl3N9O5/c1-39-20-3-2-14(8-15(20)13-41-22-17(27)9-16(26)10-18(22)28)11-30-32-25(38)21-19(12-36-4-6-40-7-5-36)37(35-31-21)24-23(29)33-42-34-24/h2-3,8-11H,4-7,12-13H2,1H3,(H2,29,33)(H,32,38). The van der Waals surface area contributed by atoms with Gasteiger partial charge in [-0.2, -0.15) is 9.78 Å². The van der Waals surface area contributed by atoms with Gasteiger partial charge in [0.15, 0.2) is 11.4 Å². The molecule has 5 rings (SSSR count). The van der Waals surface area contributed by atoms with Crippen LogP contribution in [0.3, 0.4) is 0 Å². The minimum Gasteiger partial charge on any atom is -0.496 e. The van der Waals surface area contributed by atoms with E-state index in [-0.39, 0.29) is 34.0 Å². The van der Waals surface area contributed by atoms with Crippen LogP contribution < -0.4 is 20.6 Å². The summed E-state index contributed by atoms with van der Waals surface area (Å²) in [5.41, 5.74) is 10.2. The largest absolute Gasteiger partial charge is 0.496 e. The number of benzene rings is 2. The van der Waals surface area contributed by atoms with Crippen molar-refractivity contribution in [2.45, 2.75) is 13.2 Å². The fourth-order valence-corrected chi connectivity index (χ4v) is 5.05. The number of nitrogens with two attached hydrogens (primary N) is 1. The molecule has 0 saturated carbocycles. The number of methoxy groups -OCH3 is 1. The van der Waals surface area contributed by atoms with Crippen molar-refractivity contribution in [3.8, 4) is 17.3 Å². The molecule has 0 atom stereocenters. The Hall–Kier alpha value is -3.95. The fourth-order valence-electron chi connectivity index (χ4n) is 4.13. The first-order valence-electron chi connectivity index (χ1n) is 12.4. The number of morpholine rings is 1. The average Bonchev–Trinajstić information content (AvgIpc) is 3.58. The molecule has 3 N–H and O–H groups in total. The average molecular weight is 637 g/mol. The molecule has 0 unspecified atom stereocenters. The van der Waals surface area contributed by atoms with Crippen molar-refractivity contribution >= 4 is 52.7 Å². The number of anilines is 1. The van der Waals surface area contributed by atoms with E-state index in [0.717, 1.165) is 0 Å². The zero-order valence-corrected chi connectivity index (χ0v) is 24.4. The summed E-state index contributed by atoms with van der Waals surface area (Å²) in [4.78, 5) is 15.2. The van der Waals surface area contributed by atoms with E-state index in [1.165, 1.54) is 23.0 Å². The summed E-state index contributed by atoms with van der Waals surface area (Å²) < 4.78 is 22.8. The van der Waals surface area contributed by atoms with Crippen molar-refractivity contribution in [3.05, 3.63) is 67.9 Å². The molecular formula is C25H24Cl3N9O5. The zero-order chi connectivity index (χ0) is 29.6. The number of nitrogens with one attached hydrogen (secondary N) is 1. The SMILES string of the molecule is COc1ccc(C=NNC(=O)c2nnn(-c3nonc3N)c2CN2CCOCC2)cc1COc1c(Cl)cc(Cl)cc1Cl. The minimum atomic E-state index is -0.583. The summed E-state index contributed by atoms with van der Waals surface area (Å²) in [5.74, 6) is 0.416. The van der Waals surface area contributed by atoms with Gasteiger partial charge in [-0.15, -0.1) is 5.10 Å². The third-order valence-electron chi connectivity index (χ3n) is 6.17. The van der Waals surface area contributed by atoms with Crippen LogP contribution in [0.4, 0.5) is 5.82 Å². The Morgan fingerprint density at radius 2 is 1.93 bits per heavy atom. The Labute approximate surface area is 254 Å². The van der Waals surface area contributed by atoms with Gasteiger partial charge in [0.2, 0.25) is 11.6 Å². The van der Waals surface area contributed by atoms with Crippen LogP contribution >= 0.6 is 34.8 Å². The third kappa shape index (κ3) is 6.74. The van der Waals surface area contributed by atoms with Crippen molar-refractivity contribution < 1.29 is 23.6 Å². The molecule has 0 radical (unpaired) electrons. The van der Waals surface area contributed by atoms with Crippen molar-refractivity contribution in [3.63, 3.8) is 0 Å². The maximum Gasteiger partial charge on any atom is 0.293 e. The van der Waals surface area contributed by atoms with Gasteiger partial charge in [0.1, 0.15) is 12.4 Å². The predicted octanol–water partition coefficient (Wildman–Crippen LogP) is 3.38. The van der Waals surface area contributed by atoms with Gasteiger partial charge in [-0.1, -0.05) is 40.0 Å². The van der Waals surface area contributed by atoms with Crippen LogP contribution in [0.15, 0.2) is 40.1 Å². The Balaban J connectivity index is 1.31. The first-order valence-corrected chi connectivity index (χ1v) is 13.6. The van der Waals surface area contributed by atoms with Gasteiger partial charge in [0.05, 0.1) is 42.3 Å². The lowest BCUT2D eigenvalue weighted by Gasteiger charge is -2.26. The van der Waals surface area contributed by atoms with Crippen molar-refractivity contribution in [2.24, 2.45) is 5.10 Å². The maximum atomic E-state index is 13.1. The van der Waals surface area contributed by atoms with E-state index in [1.807, 2.05) is 0 Å². The molecule has 17 heteroatoms. The van der Waals surface area contributed by atoms with E-state index in [0.29, 0.717) is 66.2 Å². The van der Waals surface area contributed by atoms with Crippen LogP contribution in [0.5, 0.6) is 11.5 Å². The number of nitrogens with zero attached hydrogens (tertiary/aromatic N) is 7. The molecule has 2 aromatic heterocycles. The Morgan fingerprint density at radius 3 is 2.62 bits per heavy atom. The Kier molecular flexibility index (Phi) is 9.39. The number of hydrogen-bond donors (Lipinski definition) is 2. The normalized spacial score (nSPS) is 13.9. The number of rotatable bonds is 10. The highest BCUT2D eigenvalue weighted by Crippen LogP contribution is 2.36. The highest BCUT2D eigenvalue weighted by molar-refractivity contribution is 6.40. The second-order valence-electron chi connectivity index (χ2n) is 8.92. The predicted molar refractivity (Wildman–Crippen MR) is 154 cm³/mol. The number of halogens is 3. The molecule has 1 aliphatic heterocycles. The molecule has 1 saturated heterocycles. The number of hydrogen-bond acceptors (Lipinski definition) is 12. The molecule has 42 heavy (non-hydrogen) atoms. The Morgan fingerprint density at radius 1 is 1.17 bits per heavy atom. The summed E-state index contributed by atoms with van der Waals surface area (Å²) in [6.07, 6.45) is 1.47. The number of nitrogen functional groups attached to an aromatic ring is 1. The monoisotopic (exact) mass is 635 g/mol. The molecule has 220 valence electrons. The molecular weight excluding hydrogens is 613 g/mol. The summed E-state index contributed by atoms with van der Waals surface area (Å²) in [6.45, 7) is 2.88. The highest BCUT2D eigenvalue weighted by atomic mass is 35.5. The first-order chi connectivity index (χ1) is 20.3. The van der Waals surface area contributed by atoms with Crippen LogP contribution in [0, 0.1) is 0 Å². The summed E-state index contributed by atoms with van der Waals surface area (Å²) in [6, 6.07) is 8.37. The first kappa shape index (κ1) is 29.5. The second-order valence-corrected chi connectivity index (χ2v) is 10.2. The molecule has 0 spiro atoms. The van der Waals surface area contributed by atoms with E-state index in [9.17, 15) is 4.79 Å². The molecule has 0 aliphatic carbocycles. The highest BCUT2D eigenvalue weighted by Gasteiger charge is 2.26. The van der Waals surface area contributed by atoms with Crippen LogP contribution in [-0.2, 0) is 17.9 Å².